The highest BCUT2D eigenvalue weighted by Crippen LogP contribution is 2.26. The molecule has 0 radical (unpaired) electrons. The van der Waals surface area contributed by atoms with Gasteiger partial charge in [0.15, 0.2) is 0 Å². The first-order valence-corrected chi connectivity index (χ1v) is 4.64. The molecule has 0 N–H and O–H groups in total. The SMILES string of the molecule is CCC(C(C)C)C(F)C(C)C. The van der Waals surface area contributed by atoms with Crippen LogP contribution in [0.1, 0.15) is 41.0 Å². The topological polar surface area (TPSA) is 0 Å². The van der Waals surface area contributed by atoms with Crippen molar-refractivity contribution >= 4 is 0 Å². The Kier molecular flexibility index (Phi) is 4.71. The molecule has 0 nitrogen and oxygen atoms in total. The van der Waals surface area contributed by atoms with Gasteiger partial charge in [-0.15, -0.1) is 0 Å². The molecule has 0 saturated carbocycles. The average Bonchev–Trinajstić information content (AvgIpc) is 1.88. The molecule has 0 rings (SSSR count). The van der Waals surface area contributed by atoms with Gasteiger partial charge in [-0.1, -0.05) is 41.0 Å². The van der Waals surface area contributed by atoms with Crippen molar-refractivity contribution < 1.29 is 4.39 Å². The molecular formula is C10H21F. The normalized spacial score (nSPS) is 17.5. The van der Waals surface area contributed by atoms with E-state index >= 15 is 0 Å². The minimum absolute atomic E-state index is 0.169. The van der Waals surface area contributed by atoms with Crippen LogP contribution >= 0.6 is 0 Å². The monoisotopic (exact) mass is 160 g/mol. The molecule has 0 aromatic heterocycles. The first-order valence-electron chi connectivity index (χ1n) is 4.64. The van der Waals surface area contributed by atoms with Crippen molar-refractivity contribution in [1.29, 1.82) is 0 Å². The van der Waals surface area contributed by atoms with E-state index in [4.69, 9.17) is 0 Å². The van der Waals surface area contributed by atoms with Gasteiger partial charge in [-0.25, -0.2) is 4.39 Å². The van der Waals surface area contributed by atoms with E-state index < -0.39 is 6.17 Å². The Morgan fingerprint density at radius 2 is 1.45 bits per heavy atom. The molecule has 0 saturated heterocycles. The number of halogens is 1. The Balaban J connectivity index is 4.02. The van der Waals surface area contributed by atoms with Gasteiger partial charge in [-0.05, 0) is 17.8 Å². The summed E-state index contributed by atoms with van der Waals surface area (Å²) in [6, 6.07) is 0. The third kappa shape index (κ3) is 3.22. The molecule has 11 heavy (non-hydrogen) atoms. The molecule has 0 aliphatic heterocycles. The van der Waals surface area contributed by atoms with Gasteiger partial charge in [-0.2, -0.15) is 0 Å². The van der Waals surface area contributed by atoms with Gasteiger partial charge in [0.1, 0.15) is 6.17 Å². The van der Waals surface area contributed by atoms with Crippen molar-refractivity contribution in [3.63, 3.8) is 0 Å². The molecule has 2 unspecified atom stereocenters. The van der Waals surface area contributed by atoms with Crippen LogP contribution in [-0.4, -0.2) is 6.17 Å². The molecule has 0 spiro atoms. The summed E-state index contributed by atoms with van der Waals surface area (Å²) in [7, 11) is 0. The maximum atomic E-state index is 13.4. The Morgan fingerprint density at radius 1 is 1.00 bits per heavy atom. The predicted molar refractivity (Wildman–Crippen MR) is 48.4 cm³/mol. The molecule has 0 aromatic carbocycles. The molecule has 68 valence electrons. The standard InChI is InChI=1S/C10H21F/c1-6-9(7(2)3)10(11)8(4)5/h7-10H,6H2,1-5H3. The molecule has 0 heterocycles. The van der Waals surface area contributed by atoms with Gasteiger partial charge in [0, 0.05) is 0 Å². The zero-order chi connectivity index (χ0) is 9.02. The zero-order valence-corrected chi connectivity index (χ0v) is 8.39. The molecule has 2 atom stereocenters. The molecule has 0 amide bonds. The lowest BCUT2D eigenvalue weighted by Gasteiger charge is -2.25. The molecule has 0 fully saturated rings. The lowest BCUT2D eigenvalue weighted by Crippen LogP contribution is -2.25. The quantitative estimate of drug-likeness (QED) is 0.588. The van der Waals surface area contributed by atoms with Crippen LogP contribution in [0.25, 0.3) is 0 Å². The van der Waals surface area contributed by atoms with Gasteiger partial charge < -0.3 is 0 Å². The fourth-order valence-corrected chi connectivity index (χ4v) is 1.56. The van der Waals surface area contributed by atoms with E-state index in [1.54, 1.807) is 0 Å². The second kappa shape index (κ2) is 4.74. The third-order valence-electron chi connectivity index (χ3n) is 2.37. The van der Waals surface area contributed by atoms with E-state index in [1.165, 1.54) is 0 Å². The van der Waals surface area contributed by atoms with Crippen molar-refractivity contribution in [2.45, 2.75) is 47.2 Å². The third-order valence-corrected chi connectivity index (χ3v) is 2.37. The second-order valence-electron chi connectivity index (χ2n) is 4.00. The molecule has 0 aliphatic carbocycles. The van der Waals surface area contributed by atoms with Crippen molar-refractivity contribution in [2.75, 3.05) is 0 Å². The minimum atomic E-state index is -0.625. The van der Waals surface area contributed by atoms with E-state index in [2.05, 4.69) is 20.8 Å². The smallest absolute Gasteiger partial charge is 0.105 e. The first kappa shape index (κ1) is 10.9. The minimum Gasteiger partial charge on any atom is -0.247 e. The summed E-state index contributed by atoms with van der Waals surface area (Å²) in [4.78, 5) is 0. The lowest BCUT2D eigenvalue weighted by molar-refractivity contribution is 0.129. The summed E-state index contributed by atoms with van der Waals surface area (Å²) in [6.45, 7) is 10.2. The van der Waals surface area contributed by atoms with Gasteiger partial charge in [0.25, 0.3) is 0 Å². The fraction of sp³-hybridized carbons (Fsp3) is 1.00. The van der Waals surface area contributed by atoms with Gasteiger partial charge >= 0.3 is 0 Å². The van der Waals surface area contributed by atoms with Gasteiger partial charge in [-0.3, -0.25) is 0 Å². The Morgan fingerprint density at radius 3 is 1.55 bits per heavy atom. The Hall–Kier alpha value is -0.0700. The van der Waals surface area contributed by atoms with Gasteiger partial charge in [0.05, 0.1) is 0 Å². The molecule has 0 aliphatic rings. The van der Waals surface area contributed by atoms with E-state index in [1.807, 2.05) is 13.8 Å². The number of hydrogen-bond acceptors (Lipinski definition) is 0. The fourth-order valence-electron chi connectivity index (χ4n) is 1.56. The van der Waals surface area contributed by atoms with Crippen LogP contribution in [-0.2, 0) is 0 Å². The van der Waals surface area contributed by atoms with Crippen LogP contribution in [0, 0.1) is 17.8 Å². The van der Waals surface area contributed by atoms with E-state index in [0.717, 1.165) is 6.42 Å². The maximum absolute atomic E-state index is 13.4. The van der Waals surface area contributed by atoms with Crippen molar-refractivity contribution in [3.05, 3.63) is 0 Å². The van der Waals surface area contributed by atoms with E-state index in [-0.39, 0.29) is 11.8 Å². The zero-order valence-electron chi connectivity index (χ0n) is 8.39. The summed E-state index contributed by atoms with van der Waals surface area (Å²) in [6.07, 6.45) is 0.330. The highest BCUT2D eigenvalue weighted by Gasteiger charge is 2.24. The summed E-state index contributed by atoms with van der Waals surface area (Å²) in [5, 5.41) is 0. The second-order valence-corrected chi connectivity index (χ2v) is 4.00. The van der Waals surface area contributed by atoms with Gasteiger partial charge in [0.2, 0.25) is 0 Å². The van der Waals surface area contributed by atoms with Crippen LogP contribution in [0.15, 0.2) is 0 Å². The predicted octanol–water partition coefficient (Wildman–Crippen LogP) is 3.66. The molecular weight excluding hydrogens is 139 g/mol. The Labute approximate surface area is 70.2 Å². The summed E-state index contributed by atoms with van der Waals surface area (Å²) < 4.78 is 13.4. The van der Waals surface area contributed by atoms with E-state index in [9.17, 15) is 4.39 Å². The van der Waals surface area contributed by atoms with Crippen molar-refractivity contribution in [1.82, 2.24) is 0 Å². The van der Waals surface area contributed by atoms with Crippen LogP contribution in [0.4, 0.5) is 4.39 Å². The molecule has 0 aromatic rings. The highest BCUT2D eigenvalue weighted by molar-refractivity contribution is 4.73. The number of rotatable bonds is 4. The first-order chi connectivity index (χ1) is 5.00. The number of alkyl halides is 1. The van der Waals surface area contributed by atoms with Crippen LogP contribution in [0.3, 0.4) is 0 Å². The summed E-state index contributed by atoms with van der Waals surface area (Å²) in [5.74, 6) is 0.884. The van der Waals surface area contributed by atoms with Crippen LogP contribution < -0.4 is 0 Å². The lowest BCUT2D eigenvalue weighted by atomic mass is 9.84. The largest absolute Gasteiger partial charge is 0.247 e. The van der Waals surface area contributed by atoms with Crippen LogP contribution in [0.5, 0.6) is 0 Å². The summed E-state index contributed by atoms with van der Waals surface area (Å²) >= 11 is 0. The molecule has 0 bridgehead atoms. The molecule has 1 heteroatoms. The Bertz CT molecular complexity index is 97.0. The average molecular weight is 160 g/mol. The highest BCUT2D eigenvalue weighted by atomic mass is 19.1. The van der Waals surface area contributed by atoms with E-state index in [0.29, 0.717) is 5.92 Å². The van der Waals surface area contributed by atoms with Crippen LogP contribution in [0.2, 0.25) is 0 Å². The maximum Gasteiger partial charge on any atom is 0.105 e. The summed E-state index contributed by atoms with van der Waals surface area (Å²) in [5.41, 5.74) is 0. The van der Waals surface area contributed by atoms with Crippen molar-refractivity contribution in [3.8, 4) is 0 Å². The van der Waals surface area contributed by atoms with Crippen molar-refractivity contribution in [2.24, 2.45) is 17.8 Å². The number of hydrogen-bond donors (Lipinski definition) is 0.